The molecule has 0 radical (unpaired) electrons. The molecule has 150 valence electrons. The van der Waals surface area contributed by atoms with Crippen LogP contribution < -0.4 is 10.1 Å². The molecule has 4 heteroatoms. The third-order valence-corrected chi connectivity index (χ3v) is 4.70. The molecule has 1 amide bonds. The molecular weight excluding hydrogens is 372 g/mol. The van der Waals surface area contributed by atoms with Gasteiger partial charge in [-0.2, -0.15) is 5.26 Å². The number of nitrogens with one attached hydrogen (secondary N) is 1. The summed E-state index contributed by atoms with van der Waals surface area (Å²) in [5.74, 6) is 0.244. The fourth-order valence-corrected chi connectivity index (χ4v) is 2.92. The van der Waals surface area contributed by atoms with Gasteiger partial charge in [-0.3, -0.25) is 4.79 Å². The van der Waals surface area contributed by atoms with Crippen molar-refractivity contribution < 1.29 is 9.53 Å². The van der Waals surface area contributed by atoms with E-state index >= 15 is 0 Å². The van der Waals surface area contributed by atoms with Crippen LogP contribution in [0.4, 0.5) is 5.69 Å². The number of carbonyl (C=O) groups excluding carboxylic acids is 1. The van der Waals surface area contributed by atoms with Crippen molar-refractivity contribution in [2.45, 2.75) is 27.4 Å². The quantitative estimate of drug-likeness (QED) is 0.427. The van der Waals surface area contributed by atoms with Gasteiger partial charge in [0.1, 0.15) is 24.0 Å². The number of rotatable bonds is 6. The highest BCUT2D eigenvalue weighted by Gasteiger charge is 2.11. The van der Waals surface area contributed by atoms with Crippen molar-refractivity contribution in [3.05, 3.63) is 100 Å². The SMILES string of the molecule is Cc1ccc(COc2cccc(/C=C(/C#N)C(=O)Nc3cc(C)ccc3C)c2)cc1. The summed E-state index contributed by atoms with van der Waals surface area (Å²) in [7, 11) is 0. The monoisotopic (exact) mass is 396 g/mol. The van der Waals surface area contributed by atoms with Gasteiger partial charge in [0.25, 0.3) is 5.91 Å². The molecule has 3 rings (SSSR count). The minimum absolute atomic E-state index is 0.0339. The van der Waals surface area contributed by atoms with Crippen molar-refractivity contribution in [3.8, 4) is 11.8 Å². The first-order chi connectivity index (χ1) is 14.4. The minimum Gasteiger partial charge on any atom is -0.489 e. The Balaban J connectivity index is 1.73. The first-order valence-electron chi connectivity index (χ1n) is 9.73. The highest BCUT2D eigenvalue weighted by Crippen LogP contribution is 2.20. The standard InChI is InChI=1S/C26H24N2O2/c1-18-8-11-21(12-9-18)17-30-24-6-4-5-22(15-24)14-23(16-27)26(29)28-25-13-19(2)7-10-20(25)3/h4-15H,17H2,1-3H3,(H,28,29)/b23-14-. The molecule has 0 heterocycles. The van der Waals surface area contributed by atoms with Crippen molar-refractivity contribution in [1.29, 1.82) is 5.26 Å². The third kappa shape index (κ3) is 5.59. The zero-order valence-electron chi connectivity index (χ0n) is 17.4. The lowest BCUT2D eigenvalue weighted by Crippen LogP contribution is -2.14. The van der Waals surface area contributed by atoms with Crippen LogP contribution in [0.25, 0.3) is 6.08 Å². The normalized spacial score (nSPS) is 10.9. The maximum atomic E-state index is 12.6. The Labute approximate surface area is 177 Å². The molecule has 0 bridgehead atoms. The molecule has 0 spiro atoms. The molecule has 0 aliphatic heterocycles. The summed E-state index contributed by atoms with van der Waals surface area (Å²) < 4.78 is 5.86. The van der Waals surface area contributed by atoms with Gasteiger partial charge in [-0.25, -0.2) is 0 Å². The van der Waals surface area contributed by atoms with Crippen LogP contribution in [0.2, 0.25) is 0 Å². The summed E-state index contributed by atoms with van der Waals surface area (Å²) >= 11 is 0. The van der Waals surface area contributed by atoms with E-state index in [0.717, 1.165) is 22.3 Å². The average molecular weight is 396 g/mol. The van der Waals surface area contributed by atoms with E-state index in [4.69, 9.17) is 4.74 Å². The number of benzene rings is 3. The number of nitriles is 1. The average Bonchev–Trinajstić information content (AvgIpc) is 2.74. The second kappa shape index (κ2) is 9.58. The van der Waals surface area contributed by atoms with Crippen LogP contribution in [0, 0.1) is 32.1 Å². The lowest BCUT2D eigenvalue weighted by Gasteiger charge is -2.09. The van der Waals surface area contributed by atoms with Gasteiger partial charge in [0, 0.05) is 5.69 Å². The number of anilines is 1. The molecule has 4 nitrogen and oxygen atoms in total. The molecule has 0 aromatic heterocycles. The second-order valence-electron chi connectivity index (χ2n) is 7.29. The van der Waals surface area contributed by atoms with E-state index < -0.39 is 5.91 Å². The van der Waals surface area contributed by atoms with Crippen LogP contribution in [-0.4, -0.2) is 5.91 Å². The predicted molar refractivity (Wildman–Crippen MR) is 120 cm³/mol. The van der Waals surface area contributed by atoms with E-state index in [0.29, 0.717) is 18.0 Å². The summed E-state index contributed by atoms with van der Waals surface area (Å²) in [5, 5.41) is 12.3. The van der Waals surface area contributed by atoms with Gasteiger partial charge in [0.05, 0.1) is 0 Å². The van der Waals surface area contributed by atoms with Crippen molar-refractivity contribution in [1.82, 2.24) is 0 Å². The van der Waals surface area contributed by atoms with Gasteiger partial charge in [-0.15, -0.1) is 0 Å². The molecule has 3 aromatic rings. The Morgan fingerprint density at radius 2 is 1.73 bits per heavy atom. The molecular formula is C26H24N2O2. The molecule has 0 aliphatic rings. The van der Waals surface area contributed by atoms with E-state index in [2.05, 4.69) is 5.32 Å². The fourth-order valence-electron chi connectivity index (χ4n) is 2.92. The van der Waals surface area contributed by atoms with E-state index in [9.17, 15) is 10.1 Å². The molecule has 3 aromatic carbocycles. The lowest BCUT2D eigenvalue weighted by molar-refractivity contribution is -0.112. The number of hydrogen-bond acceptors (Lipinski definition) is 3. The van der Waals surface area contributed by atoms with E-state index in [1.54, 1.807) is 6.08 Å². The Bertz CT molecular complexity index is 1120. The summed E-state index contributed by atoms with van der Waals surface area (Å²) in [6.07, 6.45) is 1.57. The first-order valence-corrected chi connectivity index (χ1v) is 9.73. The van der Waals surface area contributed by atoms with Gasteiger partial charge >= 0.3 is 0 Å². The van der Waals surface area contributed by atoms with Crippen LogP contribution >= 0.6 is 0 Å². The topological polar surface area (TPSA) is 62.1 Å². The lowest BCUT2D eigenvalue weighted by atomic mass is 10.1. The smallest absolute Gasteiger partial charge is 0.266 e. The maximum Gasteiger partial charge on any atom is 0.266 e. The molecule has 0 aliphatic carbocycles. The maximum absolute atomic E-state index is 12.6. The molecule has 0 saturated carbocycles. The molecule has 0 unspecified atom stereocenters. The number of hydrogen-bond donors (Lipinski definition) is 1. The van der Waals surface area contributed by atoms with E-state index in [1.165, 1.54) is 5.56 Å². The fraction of sp³-hybridized carbons (Fsp3) is 0.154. The van der Waals surface area contributed by atoms with Gasteiger partial charge in [0.2, 0.25) is 0 Å². The van der Waals surface area contributed by atoms with Gasteiger partial charge in [0.15, 0.2) is 0 Å². The Hall–Kier alpha value is -3.84. The molecule has 0 fully saturated rings. The van der Waals surface area contributed by atoms with E-state index in [-0.39, 0.29) is 5.57 Å². The summed E-state index contributed by atoms with van der Waals surface area (Å²) in [5.41, 5.74) is 5.72. The zero-order valence-corrected chi connectivity index (χ0v) is 17.4. The van der Waals surface area contributed by atoms with Gasteiger partial charge in [-0.05, 0) is 67.3 Å². The van der Waals surface area contributed by atoms with Gasteiger partial charge in [-0.1, -0.05) is 54.1 Å². The summed E-state index contributed by atoms with van der Waals surface area (Å²) in [4.78, 5) is 12.6. The summed E-state index contributed by atoms with van der Waals surface area (Å²) in [6, 6.07) is 23.3. The predicted octanol–water partition coefficient (Wildman–Crippen LogP) is 5.74. The number of amides is 1. The molecule has 0 atom stereocenters. The van der Waals surface area contributed by atoms with Crippen LogP contribution in [0.3, 0.4) is 0 Å². The Morgan fingerprint density at radius 1 is 1.00 bits per heavy atom. The van der Waals surface area contributed by atoms with Crippen LogP contribution in [0.1, 0.15) is 27.8 Å². The van der Waals surface area contributed by atoms with Crippen LogP contribution in [-0.2, 0) is 11.4 Å². The van der Waals surface area contributed by atoms with Crippen molar-refractivity contribution in [2.75, 3.05) is 5.32 Å². The van der Waals surface area contributed by atoms with E-state index in [1.807, 2.05) is 93.6 Å². The number of aryl methyl sites for hydroxylation is 3. The molecule has 1 N–H and O–H groups in total. The first kappa shape index (κ1) is 20.9. The number of carbonyl (C=O) groups is 1. The van der Waals surface area contributed by atoms with Crippen molar-refractivity contribution >= 4 is 17.7 Å². The Kier molecular flexibility index (Phi) is 6.67. The highest BCUT2D eigenvalue weighted by molar-refractivity contribution is 6.10. The highest BCUT2D eigenvalue weighted by atomic mass is 16.5. The minimum atomic E-state index is -0.433. The Morgan fingerprint density at radius 3 is 2.47 bits per heavy atom. The summed E-state index contributed by atoms with van der Waals surface area (Å²) in [6.45, 7) is 6.37. The van der Waals surface area contributed by atoms with Crippen LogP contribution in [0.5, 0.6) is 5.75 Å². The number of nitrogens with zero attached hydrogens (tertiary/aromatic N) is 1. The number of ether oxygens (including phenoxy) is 1. The molecule has 0 saturated heterocycles. The third-order valence-electron chi connectivity index (χ3n) is 4.70. The van der Waals surface area contributed by atoms with Crippen molar-refractivity contribution in [2.24, 2.45) is 0 Å². The van der Waals surface area contributed by atoms with Gasteiger partial charge < -0.3 is 10.1 Å². The second-order valence-corrected chi connectivity index (χ2v) is 7.29. The zero-order chi connectivity index (χ0) is 21.5. The molecule has 30 heavy (non-hydrogen) atoms. The van der Waals surface area contributed by atoms with Crippen LogP contribution in [0.15, 0.2) is 72.3 Å². The largest absolute Gasteiger partial charge is 0.489 e. The van der Waals surface area contributed by atoms with Crippen molar-refractivity contribution in [3.63, 3.8) is 0 Å².